The van der Waals surface area contributed by atoms with E-state index in [1.807, 2.05) is 0 Å². The molecule has 2 unspecified atom stereocenters. The van der Waals surface area contributed by atoms with Gasteiger partial charge in [0.1, 0.15) is 0 Å². The summed E-state index contributed by atoms with van der Waals surface area (Å²) >= 11 is 0. The molecule has 0 aromatic heterocycles. The molecule has 0 fully saturated rings. The van der Waals surface area contributed by atoms with Gasteiger partial charge in [-0.3, -0.25) is 9.59 Å². The number of hydrogen-bond acceptors (Lipinski definition) is 5. The van der Waals surface area contributed by atoms with Crippen LogP contribution < -0.4 is 0 Å². The SMILES string of the molecule is CCOCC(O)CC(CC)(C(=O)O)C(=O)OCC. The van der Waals surface area contributed by atoms with E-state index in [2.05, 4.69) is 0 Å². The van der Waals surface area contributed by atoms with Crippen molar-refractivity contribution in [3.63, 3.8) is 0 Å². The molecule has 106 valence electrons. The summed E-state index contributed by atoms with van der Waals surface area (Å²) in [5.74, 6) is -2.09. The summed E-state index contributed by atoms with van der Waals surface area (Å²) in [5.41, 5.74) is -1.70. The summed E-state index contributed by atoms with van der Waals surface area (Å²) in [6, 6.07) is 0. The monoisotopic (exact) mass is 262 g/mol. The lowest BCUT2D eigenvalue weighted by Gasteiger charge is -2.27. The molecule has 2 atom stereocenters. The third-order valence-electron chi connectivity index (χ3n) is 2.78. The van der Waals surface area contributed by atoms with Gasteiger partial charge in [0.15, 0.2) is 5.41 Å². The van der Waals surface area contributed by atoms with E-state index in [1.54, 1.807) is 20.8 Å². The van der Waals surface area contributed by atoms with Crippen molar-refractivity contribution in [2.75, 3.05) is 19.8 Å². The van der Waals surface area contributed by atoms with Crippen molar-refractivity contribution in [3.05, 3.63) is 0 Å². The van der Waals surface area contributed by atoms with Gasteiger partial charge in [-0.15, -0.1) is 0 Å². The van der Waals surface area contributed by atoms with Crippen molar-refractivity contribution in [2.24, 2.45) is 5.41 Å². The van der Waals surface area contributed by atoms with Crippen molar-refractivity contribution >= 4 is 11.9 Å². The summed E-state index contributed by atoms with van der Waals surface area (Å²) in [4.78, 5) is 23.1. The lowest BCUT2D eigenvalue weighted by Crippen LogP contribution is -2.43. The number of carbonyl (C=O) groups is 2. The molecule has 0 aromatic rings. The molecule has 0 radical (unpaired) electrons. The van der Waals surface area contributed by atoms with Gasteiger partial charge in [0.05, 0.1) is 19.3 Å². The van der Waals surface area contributed by atoms with Crippen molar-refractivity contribution in [1.29, 1.82) is 0 Å². The number of carboxylic acids is 1. The first-order valence-electron chi connectivity index (χ1n) is 6.11. The number of aliphatic hydroxyl groups excluding tert-OH is 1. The number of hydrogen-bond donors (Lipinski definition) is 2. The van der Waals surface area contributed by atoms with Gasteiger partial charge in [0.2, 0.25) is 0 Å². The van der Waals surface area contributed by atoms with Crippen molar-refractivity contribution in [1.82, 2.24) is 0 Å². The zero-order chi connectivity index (χ0) is 14.2. The van der Waals surface area contributed by atoms with Gasteiger partial charge in [-0.25, -0.2) is 0 Å². The molecule has 0 saturated heterocycles. The van der Waals surface area contributed by atoms with E-state index in [0.29, 0.717) is 6.61 Å². The molecule has 0 aliphatic heterocycles. The number of rotatable bonds is 9. The van der Waals surface area contributed by atoms with Crippen LogP contribution in [-0.4, -0.2) is 48.1 Å². The number of ether oxygens (including phenoxy) is 2. The maximum Gasteiger partial charge on any atom is 0.323 e. The molecule has 0 saturated carbocycles. The van der Waals surface area contributed by atoms with E-state index in [1.165, 1.54) is 0 Å². The second kappa shape index (κ2) is 8.05. The van der Waals surface area contributed by atoms with Crippen LogP contribution in [0.4, 0.5) is 0 Å². The first-order valence-corrected chi connectivity index (χ1v) is 6.11. The van der Waals surface area contributed by atoms with Crippen molar-refractivity contribution < 1.29 is 29.3 Å². The van der Waals surface area contributed by atoms with Crippen molar-refractivity contribution in [2.45, 2.75) is 39.7 Å². The van der Waals surface area contributed by atoms with Gasteiger partial charge in [-0.05, 0) is 20.3 Å². The molecule has 2 N–H and O–H groups in total. The predicted molar refractivity (Wildman–Crippen MR) is 64.1 cm³/mol. The second-order valence-electron chi connectivity index (χ2n) is 3.98. The minimum absolute atomic E-state index is 0.00490. The molecule has 0 spiro atoms. The molecular weight excluding hydrogens is 240 g/mol. The van der Waals surface area contributed by atoms with Crippen LogP contribution in [0.1, 0.15) is 33.6 Å². The molecule has 0 aliphatic rings. The quantitative estimate of drug-likeness (QED) is 0.472. The summed E-state index contributed by atoms with van der Waals surface area (Å²) in [6.45, 7) is 5.49. The molecule has 0 rings (SSSR count). The molecule has 6 nitrogen and oxygen atoms in total. The molecule has 0 bridgehead atoms. The molecular formula is C12H22O6. The predicted octanol–water partition coefficient (Wildman–Crippen LogP) is 0.818. The minimum atomic E-state index is -1.70. The Balaban J connectivity index is 4.86. The number of carboxylic acid groups (broad SMARTS) is 1. The normalized spacial score (nSPS) is 15.8. The van der Waals surface area contributed by atoms with Crippen LogP contribution >= 0.6 is 0 Å². The highest BCUT2D eigenvalue weighted by Crippen LogP contribution is 2.30. The second-order valence-corrected chi connectivity index (χ2v) is 3.98. The highest BCUT2D eigenvalue weighted by Gasteiger charge is 2.47. The smallest absolute Gasteiger partial charge is 0.323 e. The van der Waals surface area contributed by atoms with Gasteiger partial charge < -0.3 is 19.7 Å². The first kappa shape index (κ1) is 16.9. The van der Waals surface area contributed by atoms with Gasteiger partial charge in [0.25, 0.3) is 0 Å². The van der Waals surface area contributed by atoms with E-state index < -0.39 is 23.5 Å². The fourth-order valence-electron chi connectivity index (χ4n) is 1.68. The minimum Gasteiger partial charge on any atom is -0.480 e. The third kappa shape index (κ3) is 4.27. The van der Waals surface area contributed by atoms with Crippen LogP contribution in [0.3, 0.4) is 0 Å². The highest BCUT2D eigenvalue weighted by molar-refractivity contribution is 5.99. The Hall–Kier alpha value is -1.14. The zero-order valence-electron chi connectivity index (χ0n) is 11.1. The van der Waals surface area contributed by atoms with Crippen LogP contribution in [0, 0.1) is 5.41 Å². The Morgan fingerprint density at radius 1 is 1.22 bits per heavy atom. The van der Waals surface area contributed by atoms with Gasteiger partial charge >= 0.3 is 11.9 Å². The Kier molecular flexibility index (Phi) is 7.54. The van der Waals surface area contributed by atoms with Crippen LogP contribution in [0.15, 0.2) is 0 Å². The molecule has 0 heterocycles. The van der Waals surface area contributed by atoms with Crippen LogP contribution in [0.5, 0.6) is 0 Å². The fraction of sp³-hybridized carbons (Fsp3) is 0.833. The average Bonchev–Trinajstić information content (AvgIpc) is 2.33. The van der Waals surface area contributed by atoms with Crippen LogP contribution in [0.2, 0.25) is 0 Å². The van der Waals surface area contributed by atoms with E-state index in [0.717, 1.165) is 0 Å². The van der Waals surface area contributed by atoms with E-state index in [4.69, 9.17) is 9.47 Å². The molecule has 18 heavy (non-hydrogen) atoms. The number of esters is 1. The maximum atomic E-state index is 11.8. The molecule has 6 heteroatoms. The number of aliphatic carboxylic acids is 1. The van der Waals surface area contributed by atoms with E-state index >= 15 is 0 Å². The Morgan fingerprint density at radius 3 is 2.22 bits per heavy atom. The highest BCUT2D eigenvalue weighted by atomic mass is 16.5. The Labute approximate surface area is 107 Å². The van der Waals surface area contributed by atoms with Gasteiger partial charge in [-0.2, -0.15) is 0 Å². The largest absolute Gasteiger partial charge is 0.480 e. The van der Waals surface area contributed by atoms with E-state index in [9.17, 15) is 19.8 Å². The average molecular weight is 262 g/mol. The van der Waals surface area contributed by atoms with E-state index in [-0.39, 0.29) is 26.1 Å². The molecule has 0 aliphatic carbocycles. The maximum absolute atomic E-state index is 11.8. The fourth-order valence-corrected chi connectivity index (χ4v) is 1.68. The van der Waals surface area contributed by atoms with Gasteiger partial charge in [0, 0.05) is 13.0 Å². The Bertz CT molecular complexity index is 278. The van der Waals surface area contributed by atoms with Crippen LogP contribution in [-0.2, 0) is 19.1 Å². The Morgan fingerprint density at radius 2 is 1.83 bits per heavy atom. The van der Waals surface area contributed by atoms with Gasteiger partial charge in [-0.1, -0.05) is 6.92 Å². The standard InChI is InChI=1S/C12H22O6/c1-4-12(10(14)15,11(16)18-6-3)7-9(13)8-17-5-2/h9,13H,4-8H2,1-3H3,(H,14,15). The number of aliphatic hydroxyl groups is 1. The van der Waals surface area contributed by atoms with Crippen LogP contribution in [0.25, 0.3) is 0 Å². The summed E-state index contributed by atoms with van der Waals surface area (Å²) in [5, 5.41) is 19.0. The lowest BCUT2D eigenvalue weighted by molar-refractivity contribution is -0.172. The first-order chi connectivity index (χ1) is 8.44. The molecule has 0 aromatic carbocycles. The zero-order valence-corrected chi connectivity index (χ0v) is 11.1. The topological polar surface area (TPSA) is 93.1 Å². The summed E-state index contributed by atoms with van der Waals surface area (Å²) < 4.78 is 9.80. The summed E-state index contributed by atoms with van der Waals surface area (Å²) in [6.07, 6.45) is -1.16. The number of carbonyl (C=O) groups excluding carboxylic acids is 1. The van der Waals surface area contributed by atoms with Crippen molar-refractivity contribution in [3.8, 4) is 0 Å². The molecule has 0 amide bonds. The lowest BCUT2D eigenvalue weighted by atomic mass is 9.80. The summed E-state index contributed by atoms with van der Waals surface area (Å²) in [7, 11) is 0. The third-order valence-corrected chi connectivity index (χ3v) is 2.78.